The zero-order chi connectivity index (χ0) is 16.3. The molecule has 0 fully saturated rings. The molecule has 0 saturated carbocycles. The fourth-order valence-electron chi connectivity index (χ4n) is 1.76. The van der Waals surface area contributed by atoms with Crippen LogP contribution in [0.1, 0.15) is 34.6 Å². The molecule has 120 valence electrons. The van der Waals surface area contributed by atoms with E-state index in [0.717, 1.165) is 11.4 Å². The molecule has 3 nitrogen and oxygen atoms in total. The van der Waals surface area contributed by atoms with Crippen LogP contribution >= 0.6 is 11.8 Å². The third-order valence-electron chi connectivity index (χ3n) is 3.12. The summed E-state index contributed by atoms with van der Waals surface area (Å²) < 4.78 is 22.9. The minimum atomic E-state index is -3.12. The molecule has 0 heterocycles. The standard InChI is InChI=1S/C16H27NO2S2/c1-12(2)15(11-17-16(3,4)5)20-13-7-9-14(10-8-13)21(6,18)19/h7-10,12,15,17H,11H2,1-6H3. The van der Waals surface area contributed by atoms with Crippen LogP contribution in [0.2, 0.25) is 0 Å². The first-order valence-electron chi connectivity index (χ1n) is 7.21. The lowest BCUT2D eigenvalue weighted by atomic mass is 10.1. The number of rotatable bonds is 6. The van der Waals surface area contributed by atoms with Crippen LogP contribution in [-0.4, -0.2) is 32.0 Å². The number of hydrogen-bond donors (Lipinski definition) is 1. The summed E-state index contributed by atoms with van der Waals surface area (Å²) in [5, 5.41) is 3.99. The van der Waals surface area contributed by atoms with Crippen LogP contribution in [0.3, 0.4) is 0 Å². The van der Waals surface area contributed by atoms with Crippen LogP contribution in [0.25, 0.3) is 0 Å². The lowest BCUT2D eigenvalue weighted by Gasteiger charge is -2.27. The number of hydrogen-bond acceptors (Lipinski definition) is 4. The maximum atomic E-state index is 11.5. The average molecular weight is 330 g/mol. The van der Waals surface area contributed by atoms with Crippen molar-refractivity contribution in [2.24, 2.45) is 5.92 Å². The van der Waals surface area contributed by atoms with E-state index in [-0.39, 0.29) is 5.54 Å². The Morgan fingerprint density at radius 2 is 1.67 bits per heavy atom. The second kappa shape index (κ2) is 7.16. The molecule has 0 bridgehead atoms. The highest BCUT2D eigenvalue weighted by molar-refractivity contribution is 8.00. The Balaban J connectivity index is 2.76. The molecule has 1 atom stereocenters. The van der Waals surface area contributed by atoms with Gasteiger partial charge in [-0.05, 0) is 51.0 Å². The van der Waals surface area contributed by atoms with Crippen molar-refractivity contribution in [3.63, 3.8) is 0 Å². The van der Waals surface area contributed by atoms with Gasteiger partial charge in [0, 0.05) is 28.5 Å². The van der Waals surface area contributed by atoms with E-state index in [0.29, 0.717) is 16.1 Å². The molecule has 1 aromatic carbocycles. The van der Waals surface area contributed by atoms with E-state index in [1.54, 1.807) is 23.9 Å². The SMILES string of the molecule is CC(C)C(CNC(C)(C)C)Sc1ccc(S(C)(=O)=O)cc1. The highest BCUT2D eigenvalue weighted by atomic mass is 32.2. The fourth-order valence-corrected chi connectivity index (χ4v) is 3.47. The van der Waals surface area contributed by atoms with Crippen molar-refractivity contribution in [3.05, 3.63) is 24.3 Å². The molecule has 21 heavy (non-hydrogen) atoms. The van der Waals surface area contributed by atoms with E-state index in [9.17, 15) is 8.42 Å². The smallest absolute Gasteiger partial charge is 0.175 e. The van der Waals surface area contributed by atoms with Gasteiger partial charge in [-0.3, -0.25) is 0 Å². The minimum absolute atomic E-state index is 0.105. The summed E-state index contributed by atoms with van der Waals surface area (Å²) in [6.45, 7) is 11.8. The molecule has 1 rings (SSSR count). The van der Waals surface area contributed by atoms with Gasteiger partial charge in [0.05, 0.1) is 4.90 Å². The van der Waals surface area contributed by atoms with Gasteiger partial charge < -0.3 is 5.32 Å². The lowest BCUT2D eigenvalue weighted by Crippen LogP contribution is -2.41. The highest BCUT2D eigenvalue weighted by Crippen LogP contribution is 2.29. The van der Waals surface area contributed by atoms with Crippen molar-refractivity contribution in [1.82, 2.24) is 5.32 Å². The van der Waals surface area contributed by atoms with Crippen molar-refractivity contribution in [1.29, 1.82) is 0 Å². The molecule has 1 aromatic rings. The van der Waals surface area contributed by atoms with E-state index < -0.39 is 9.84 Å². The molecular weight excluding hydrogens is 302 g/mol. The predicted octanol–water partition coefficient (Wildman–Crippen LogP) is 3.59. The van der Waals surface area contributed by atoms with Gasteiger partial charge in [-0.1, -0.05) is 13.8 Å². The largest absolute Gasteiger partial charge is 0.311 e. The third kappa shape index (κ3) is 6.85. The Labute approximate surface area is 133 Å². The molecule has 0 amide bonds. The second-order valence-electron chi connectivity index (χ2n) is 6.77. The second-order valence-corrected chi connectivity index (χ2v) is 10.1. The molecule has 0 saturated heterocycles. The van der Waals surface area contributed by atoms with Gasteiger partial charge in [0.2, 0.25) is 0 Å². The van der Waals surface area contributed by atoms with Gasteiger partial charge in [0.1, 0.15) is 0 Å². The van der Waals surface area contributed by atoms with Crippen molar-refractivity contribution >= 4 is 21.6 Å². The highest BCUT2D eigenvalue weighted by Gasteiger charge is 2.18. The molecule has 1 unspecified atom stereocenters. The number of benzene rings is 1. The molecule has 0 aliphatic heterocycles. The summed E-state index contributed by atoms with van der Waals surface area (Å²) in [4.78, 5) is 1.48. The molecule has 0 radical (unpaired) electrons. The Bertz CT molecular complexity index is 543. The first-order valence-corrected chi connectivity index (χ1v) is 9.98. The number of nitrogens with one attached hydrogen (secondary N) is 1. The van der Waals surface area contributed by atoms with Crippen LogP contribution in [-0.2, 0) is 9.84 Å². The van der Waals surface area contributed by atoms with E-state index in [2.05, 4.69) is 39.9 Å². The summed E-state index contributed by atoms with van der Waals surface area (Å²) in [5.41, 5.74) is 0.105. The Kier molecular flexibility index (Phi) is 6.32. The van der Waals surface area contributed by atoms with Crippen LogP contribution in [0, 0.1) is 5.92 Å². The van der Waals surface area contributed by atoms with Crippen molar-refractivity contribution in [2.45, 2.75) is 55.2 Å². The van der Waals surface area contributed by atoms with Crippen molar-refractivity contribution in [3.8, 4) is 0 Å². The van der Waals surface area contributed by atoms with Crippen LogP contribution < -0.4 is 5.32 Å². The quantitative estimate of drug-likeness (QED) is 0.810. The average Bonchev–Trinajstić information content (AvgIpc) is 2.32. The minimum Gasteiger partial charge on any atom is -0.311 e. The Morgan fingerprint density at radius 1 is 1.14 bits per heavy atom. The zero-order valence-electron chi connectivity index (χ0n) is 13.8. The van der Waals surface area contributed by atoms with E-state index in [4.69, 9.17) is 0 Å². The molecule has 0 aliphatic carbocycles. The van der Waals surface area contributed by atoms with Gasteiger partial charge in [-0.15, -0.1) is 11.8 Å². The first-order chi connectivity index (χ1) is 9.49. The maximum absolute atomic E-state index is 11.5. The first kappa shape index (κ1) is 18.5. The normalized spacial score (nSPS) is 14.4. The molecule has 0 aromatic heterocycles. The molecule has 1 N–H and O–H groups in total. The Hall–Kier alpha value is -0.520. The summed E-state index contributed by atoms with van der Waals surface area (Å²) in [6, 6.07) is 7.17. The fraction of sp³-hybridized carbons (Fsp3) is 0.625. The predicted molar refractivity (Wildman–Crippen MR) is 91.8 cm³/mol. The lowest BCUT2D eigenvalue weighted by molar-refractivity contribution is 0.408. The van der Waals surface area contributed by atoms with Crippen LogP contribution in [0.15, 0.2) is 34.1 Å². The summed E-state index contributed by atoms with van der Waals surface area (Å²) in [6.07, 6.45) is 1.24. The topological polar surface area (TPSA) is 46.2 Å². The van der Waals surface area contributed by atoms with Gasteiger partial charge in [-0.2, -0.15) is 0 Å². The van der Waals surface area contributed by atoms with Crippen molar-refractivity contribution in [2.75, 3.05) is 12.8 Å². The van der Waals surface area contributed by atoms with Gasteiger partial charge in [0.25, 0.3) is 0 Å². The van der Waals surface area contributed by atoms with Gasteiger partial charge >= 0.3 is 0 Å². The molecular formula is C16H27NO2S2. The monoisotopic (exact) mass is 329 g/mol. The van der Waals surface area contributed by atoms with Gasteiger partial charge in [-0.25, -0.2) is 8.42 Å². The maximum Gasteiger partial charge on any atom is 0.175 e. The third-order valence-corrected chi connectivity index (χ3v) is 5.80. The van der Waals surface area contributed by atoms with Crippen molar-refractivity contribution < 1.29 is 8.42 Å². The summed E-state index contributed by atoms with van der Waals surface area (Å²) in [5.74, 6) is 0.541. The molecule has 0 aliphatic rings. The summed E-state index contributed by atoms with van der Waals surface area (Å²) >= 11 is 1.80. The Morgan fingerprint density at radius 3 is 2.05 bits per heavy atom. The number of thioether (sulfide) groups is 1. The van der Waals surface area contributed by atoms with E-state index in [1.807, 2.05) is 12.1 Å². The van der Waals surface area contributed by atoms with E-state index >= 15 is 0 Å². The van der Waals surface area contributed by atoms with Crippen LogP contribution in [0.5, 0.6) is 0 Å². The molecule has 5 heteroatoms. The van der Waals surface area contributed by atoms with Crippen LogP contribution in [0.4, 0.5) is 0 Å². The van der Waals surface area contributed by atoms with E-state index in [1.165, 1.54) is 6.26 Å². The van der Waals surface area contributed by atoms with Gasteiger partial charge in [0.15, 0.2) is 9.84 Å². The summed E-state index contributed by atoms with van der Waals surface area (Å²) in [7, 11) is -3.12. The molecule has 0 spiro atoms. The number of sulfone groups is 1. The zero-order valence-corrected chi connectivity index (χ0v) is 15.4.